The van der Waals surface area contributed by atoms with Crippen molar-refractivity contribution >= 4 is 5.97 Å². The second kappa shape index (κ2) is 3.71. The van der Waals surface area contributed by atoms with Crippen LogP contribution in [-0.4, -0.2) is 18.2 Å². The van der Waals surface area contributed by atoms with Gasteiger partial charge in [-0.15, -0.1) is 0 Å². The van der Waals surface area contributed by atoms with E-state index in [-0.39, 0.29) is 0 Å². The Balaban J connectivity index is 3.27. The van der Waals surface area contributed by atoms with Crippen LogP contribution in [0.4, 0.5) is 8.78 Å². The summed E-state index contributed by atoms with van der Waals surface area (Å²) < 4.78 is 30.0. The molecule has 0 fully saturated rings. The number of hydrogen-bond acceptors (Lipinski definition) is 2. The largest absolute Gasteiger partial charge is 0.478 e. The topological polar surface area (TPSA) is 46.5 Å². The highest BCUT2D eigenvalue weighted by Crippen LogP contribution is 2.30. The summed E-state index contributed by atoms with van der Waals surface area (Å²) >= 11 is 0. The Kier molecular flexibility index (Phi) is 2.81. The Morgan fingerprint density at radius 3 is 2.50 bits per heavy atom. The first kappa shape index (κ1) is 10.6. The molecule has 0 aliphatic heterocycles. The fourth-order valence-corrected chi connectivity index (χ4v) is 1.03. The molecule has 0 heterocycles. The van der Waals surface area contributed by atoms with Gasteiger partial charge in [-0.3, -0.25) is 0 Å². The summed E-state index contributed by atoms with van der Waals surface area (Å²) in [6.07, 6.45) is -3.57. The quantitative estimate of drug-likeness (QED) is 0.816. The summed E-state index contributed by atoms with van der Waals surface area (Å²) in [6.45, 7) is 0. The number of carboxylic acids is 1. The molecule has 76 valence electrons. The molecular formula is C9H8F2O3. The Labute approximate surface area is 78.9 Å². The molecule has 3 nitrogen and oxygen atoms in total. The van der Waals surface area contributed by atoms with Crippen molar-refractivity contribution < 1.29 is 23.4 Å². The fourth-order valence-electron chi connectivity index (χ4n) is 1.03. The van der Waals surface area contributed by atoms with E-state index < -0.39 is 23.2 Å². The molecule has 0 unspecified atom stereocenters. The second-order valence-corrected chi connectivity index (χ2v) is 2.57. The van der Waals surface area contributed by atoms with Gasteiger partial charge < -0.3 is 9.84 Å². The van der Waals surface area contributed by atoms with Gasteiger partial charge >= 0.3 is 12.1 Å². The first-order valence-electron chi connectivity index (χ1n) is 3.75. The van der Waals surface area contributed by atoms with Gasteiger partial charge in [0.2, 0.25) is 0 Å². The fraction of sp³-hybridized carbons (Fsp3) is 0.222. The minimum absolute atomic E-state index is 0.459. The maximum atomic E-state index is 13.0. The van der Waals surface area contributed by atoms with E-state index in [4.69, 9.17) is 5.11 Å². The number of benzene rings is 1. The molecule has 0 atom stereocenters. The van der Waals surface area contributed by atoms with E-state index in [9.17, 15) is 13.6 Å². The highest BCUT2D eigenvalue weighted by molar-refractivity contribution is 5.89. The third-order valence-corrected chi connectivity index (χ3v) is 1.73. The molecule has 5 heteroatoms. The number of rotatable bonds is 3. The summed E-state index contributed by atoms with van der Waals surface area (Å²) in [4.78, 5) is 10.6. The first-order chi connectivity index (χ1) is 6.49. The summed E-state index contributed by atoms with van der Waals surface area (Å²) in [6, 6.07) is 4.82. The van der Waals surface area contributed by atoms with E-state index in [1.165, 1.54) is 12.1 Å². The minimum Gasteiger partial charge on any atom is -0.478 e. The first-order valence-corrected chi connectivity index (χ1v) is 3.75. The van der Waals surface area contributed by atoms with Gasteiger partial charge in [0, 0.05) is 7.11 Å². The number of halogens is 2. The van der Waals surface area contributed by atoms with Gasteiger partial charge in [-0.25, -0.2) is 4.79 Å². The molecule has 0 aliphatic rings. The lowest BCUT2D eigenvalue weighted by atomic mass is 10.1. The molecule has 0 aliphatic carbocycles. The van der Waals surface area contributed by atoms with Crippen molar-refractivity contribution in [3.8, 4) is 0 Å². The van der Waals surface area contributed by atoms with Crippen LogP contribution in [0.5, 0.6) is 0 Å². The highest BCUT2D eigenvalue weighted by Gasteiger charge is 2.35. The van der Waals surface area contributed by atoms with Gasteiger partial charge in [0.05, 0.1) is 11.1 Å². The molecule has 0 bridgehead atoms. The molecule has 14 heavy (non-hydrogen) atoms. The predicted octanol–water partition coefficient (Wildman–Crippen LogP) is 2.08. The van der Waals surface area contributed by atoms with Crippen molar-refractivity contribution in [1.82, 2.24) is 0 Å². The Morgan fingerprint density at radius 2 is 2.00 bits per heavy atom. The van der Waals surface area contributed by atoms with Gasteiger partial charge in [-0.1, -0.05) is 12.1 Å². The third-order valence-electron chi connectivity index (χ3n) is 1.73. The van der Waals surface area contributed by atoms with Crippen LogP contribution in [0.25, 0.3) is 0 Å². The van der Waals surface area contributed by atoms with Gasteiger partial charge in [0.1, 0.15) is 0 Å². The number of ether oxygens (including phenoxy) is 1. The van der Waals surface area contributed by atoms with Crippen molar-refractivity contribution in [1.29, 1.82) is 0 Å². The maximum absolute atomic E-state index is 13.0. The number of carboxylic acid groups (broad SMARTS) is 1. The van der Waals surface area contributed by atoms with E-state index >= 15 is 0 Å². The van der Waals surface area contributed by atoms with Crippen molar-refractivity contribution in [3.05, 3.63) is 35.4 Å². The zero-order chi connectivity index (χ0) is 10.8. The van der Waals surface area contributed by atoms with E-state index in [0.29, 0.717) is 0 Å². The molecule has 0 spiro atoms. The van der Waals surface area contributed by atoms with Crippen molar-refractivity contribution in [2.24, 2.45) is 0 Å². The predicted molar refractivity (Wildman–Crippen MR) is 44.3 cm³/mol. The minimum atomic E-state index is -3.57. The van der Waals surface area contributed by atoms with E-state index in [1.54, 1.807) is 0 Å². The van der Waals surface area contributed by atoms with Crippen LogP contribution in [0.1, 0.15) is 15.9 Å². The van der Waals surface area contributed by atoms with Gasteiger partial charge in [-0.05, 0) is 12.1 Å². The molecule has 1 aromatic rings. The van der Waals surface area contributed by atoms with Crippen LogP contribution in [0.3, 0.4) is 0 Å². The molecule has 1 rings (SSSR count). The molecule has 1 aromatic carbocycles. The van der Waals surface area contributed by atoms with Crippen molar-refractivity contribution in [2.75, 3.05) is 7.11 Å². The van der Waals surface area contributed by atoms with E-state index in [2.05, 4.69) is 4.74 Å². The Morgan fingerprint density at radius 1 is 1.43 bits per heavy atom. The monoisotopic (exact) mass is 202 g/mol. The number of methoxy groups -OCH3 is 1. The average Bonchev–Trinajstić information content (AvgIpc) is 2.18. The summed E-state index contributed by atoms with van der Waals surface area (Å²) in [5.41, 5.74) is -1.10. The number of carbonyl (C=O) groups is 1. The van der Waals surface area contributed by atoms with Gasteiger partial charge in [0.15, 0.2) is 0 Å². The van der Waals surface area contributed by atoms with Crippen LogP contribution >= 0.6 is 0 Å². The summed E-state index contributed by atoms with van der Waals surface area (Å²) in [5.74, 6) is -1.41. The average molecular weight is 202 g/mol. The smallest absolute Gasteiger partial charge is 0.383 e. The number of hydrogen-bond donors (Lipinski definition) is 1. The highest BCUT2D eigenvalue weighted by atomic mass is 19.3. The van der Waals surface area contributed by atoms with Gasteiger partial charge in [0.25, 0.3) is 0 Å². The van der Waals surface area contributed by atoms with Crippen molar-refractivity contribution in [2.45, 2.75) is 6.11 Å². The normalized spacial score (nSPS) is 11.4. The lowest BCUT2D eigenvalue weighted by Gasteiger charge is -2.15. The van der Waals surface area contributed by atoms with Crippen LogP contribution in [0.2, 0.25) is 0 Å². The SMILES string of the molecule is COC(F)(F)c1ccccc1C(=O)O. The molecule has 0 aromatic heterocycles. The van der Waals surface area contributed by atoms with Crippen LogP contribution in [-0.2, 0) is 10.8 Å². The zero-order valence-corrected chi connectivity index (χ0v) is 7.33. The lowest BCUT2D eigenvalue weighted by Crippen LogP contribution is -2.19. The number of alkyl halides is 2. The molecular weight excluding hydrogens is 194 g/mol. The molecule has 0 saturated carbocycles. The van der Waals surface area contributed by atoms with Crippen molar-refractivity contribution in [3.63, 3.8) is 0 Å². The second-order valence-electron chi connectivity index (χ2n) is 2.57. The standard InChI is InChI=1S/C9H8F2O3/c1-14-9(10,11)7-5-3-2-4-6(7)8(12)13/h2-5H,1H3,(H,12,13). The van der Waals surface area contributed by atoms with Crippen LogP contribution in [0, 0.1) is 0 Å². The molecule has 1 N–H and O–H groups in total. The van der Waals surface area contributed by atoms with Crippen LogP contribution < -0.4 is 0 Å². The summed E-state index contributed by atoms with van der Waals surface area (Å²) in [5, 5.41) is 8.64. The third kappa shape index (κ3) is 1.88. The maximum Gasteiger partial charge on any atom is 0.383 e. The summed E-state index contributed by atoms with van der Waals surface area (Å²) in [7, 11) is 0.818. The van der Waals surface area contributed by atoms with E-state index in [0.717, 1.165) is 19.2 Å². The van der Waals surface area contributed by atoms with Gasteiger partial charge in [-0.2, -0.15) is 8.78 Å². The Bertz CT molecular complexity index is 350. The lowest BCUT2D eigenvalue weighted by molar-refractivity contribution is -0.231. The van der Waals surface area contributed by atoms with Crippen LogP contribution in [0.15, 0.2) is 24.3 Å². The number of aromatic carboxylic acids is 1. The zero-order valence-electron chi connectivity index (χ0n) is 7.33. The molecule has 0 radical (unpaired) electrons. The Hall–Kier alpha value is -1.49. The molecule has 0 saturated heterocycles. The van der Waals surface area contributed by atoms with E-state index in [1.807, 2.05) is 0 Å². The molecule has 0 amide bonds.